The standard InChI is InChI=1S/C8H10N2O2/c11-8(7-9-3-6-12-7)10-4-1-2-5-10/h1-2,4-5,7,9H,3,6H2. The molecule has 2 heterocycles. The second-order valence-electron chi connectivity index (χ2n) is 2.63. The highest BCUT2D eigenvalue weighted by Crippen LogP contribution is 2.00. The number of hydrogen-bond acceptors (Lipinski definition) is 3. The van der Waals surface area contributed by atoms with E-state index in [9.17, 15) is 4.79 Å². The number of nitrogens with zero attached hydrogens (tertiary/aromatic N) is 1. The molecule has 0 spiro atoms. The first-order valence-corrected chi connectivity index (χ1v) is 3.90. The monoisotopic (exact) mass is 166 g/mol. The third kappa shape index (κ3) is 1.26. The van der Waals surface area contributed by atoms with Crippen molar-refractivity contribution in [2.75, 3.05) is 13.2 Å². The van der Waals surface area contributed by atoms with Crippen molar-refractivity contribution in [3.8, 4) is 0 Å². The minimum absolute atomic E-state index is 0.0579. The summed E-state index contributed by atoms with van der Waals surface area (Å²) in [6, 6.07) is 3.62. The van der Waals surface area contributed by atoms with Crippen LogP contribution < -0.4 is 5.32 Å². The lowest BCUT2D eigenvalue weighted by atomic mass is 10.5. The third-order valence-corrected chi connectivity index (χ3v) is 1.80. The van der Waals surface area contributed by atoms with E-state index in [1.807, 2.05) is 12.1 Å². The predicted molar refractivity (Wildman–Crippen MR) is 42.8 cm³/mol. The van der Waals surface area contributed by atoms with Gasteiger partial charge in [-0.2, -0.15) is 0 Å². The number of nitrogens with one attached hydrogen (secondary N) is 1. The lowest BCUT2D eigenvalue weighted by molar-refractivity contribution is 0.0517. The number of carbonyl (C=O) groups excluding carboxylic acids is 1. The summed E-state index contributed by atoms with van der Waals surface area (Å²) in [7, 11) is 0. The van der Waals surface area contributed by atoms with E-state index in [0.717, 1.165) is 6.54 Å². The molecule has 1 aliphatic heterocycles. The smallest absolute Gasteiger partial charge is 0.274 e. The molecule has 64 valence electrons. The van der Waals surface area contributed by atoms with Gasteiger partial charge in [-0.1, -0.05) is 0 Å². The summed E-state index contributed by atoms with van der Waals surface area (Å²) in [5.41, 5.74) is 0. The van der Waals surface area contributed by atoms with Gasteiger partial charge >= 0.3 is 0 Å². The van der Waals surface area contributed by atoms with Crippen molar-refractivity contribution in [2.24, 2.45) is 0 Å². The number of carbonyl (C=O) groups is 1. The quantitative estimate of drug-likeness (QED) is 0.642. The highest BCUT2D eigenvalue weighted by molar-refractivity contribution is 5.83. The van der Waals surface area contributed by atoms with Gasteiger partial charge in [0.25, 0.3) is 5.91 Å². The zero-order valence-corrected chi connectivity index (χ0v) is 6.56. The van der Waals surface area contributed by atoms with Crippen molar-refractivity contribution in [3.63, 3.8) is 0 Å². The van der Waals surface area contributed by atoms with Crippen LogP contribution in [-0.2, 0) is 4.74 Å². The summed E-state index contributed by atoms with van der Waals surface area (Å²) < 4.78 is 6.67. The van der Waals surface area contributed by atoms with Gasteiger partial charge < -0.3 is 4.74 Å². The lowest BCUT2D eigenvalue weighted by Crippen LogP contribution is -2.35. The van der Waals surface area contributed by atoms with E-state index in [4.69, 9.17) is 4.74 Å². The van der Waals surface area contributed by atoms with Crippen LogP contribution in [0.15, 0.2) is 24.5 Å². The van der Waals surface area contributed by atoms with Gasteiger partial charge in [-0.25, -0.2) is 0 Å². The Bertz CT molecular complexity index is 263. The Kier molecular flexibility index (Phi) is 1.93. The molecule has 1 aliphatic rings. The molecule has 0 aromatic carbocycles. The molecule has 0 saturated carbocycles. The van der Waals surface area contributed by atoms with Crippen LogP contribution in [0.2, 0.25) is 0 Å². The Balaban J connectivity index is 2.09. The Morgan fingerprint density at radius 2 is 2.25 bits per heavy atom. The van der Waals surface area contributed by atoms with Crippen LogP contribution in [-0.4, -0.2) is 29.9 Å². The third-order valence-electron chi connectivity index (χ3n) is 1.80. The Morgan fingerprint density at radius 1 is 1.50 bits per heavy atom. The van der Waals surface area contributed by atoms with Crippen LogP contribution in [0.3, 0.4) is 0 Å². The zero-order chi connectivity index (χ0) is 8.39. The van der Waals surface area contributed by atoms with Gasteiger partial charge in [-0.15, -0.1) is 0 Å². The molecule has 1 aromatic heterocycles. The summed E-state index contributed by atoms with van der Waals surface area (Å²) in [6.45, 7) is 1.36. The Hall–Kier alpha value is -1.13. The van der Waals surface area contributed by atoms with Gasteiger partial charge in [-0.05, 0) is 12.1 Å². The maximum absolute atomic E-state index is 11.5. The van der Waals surface area contributed by atoms with Gasteiger partial charge in [0, 0.05) is 18.9 Å². The molecule has 1 unspecified atom stereocenters. The van der Waals surface area contributed by atoms with Crippen LogP contribution in [0.1, 0.15) is 4.79 Å². The maximum Gasteiger partial charge on any atom is 0.274 e. The van der Waals surface area contributed by atoms with Crippen molar-refractivity contribution in [3.05, 3.63) is 24.5 Å². The molecule has 0 bridgehead atoms. The molecule has 0 radical (unpaired) electrons. The second kappa shape index (κ2) is 3.08. The molecule has 0 aliphatic carbocycles. The van der Waals surface area contributed by atoms with Gasteiger partial charge in [0.1, 0.15) is 0 Å². The average molecular weight is 166 g/mol. The maximum atomic E-state index is 11.5. The molecule has 1 N–H and O–H groups in total. The molecule has 1 saturated heterocycles. The topological polar surface area (TPSA) is 43.3 Å². The van der Waals surface area contributed by atoms with Crippen LogP contribution in [0.5, 0.6) is 0 Å². The summed E-state index contributed by atoms with van der Waals surface area (Å²) in [5.74, 6) is -0.0579. The molecule has 2 rings (SSSR count). The van der Waals surface area contributed by atoms with Crippen LogP contribution in [0.25, 0.3) is 0 Å². The van der Waals surface area contributed by atoms with Crippen LogP contribution >= 0.6 is 0 Å². The molecule has 0 amide bonds. The second-order valence-corrected chi connectivity index (χ2v) is 2.63. The Morgan fingerprint density at radius 3 is 2.83 bits per heavy atom. The molecule has 1 atom stereocenters. The minimum atomic E-state index is -0.461. The van der Waals surface area contributed by atoms with E-state index in [1.54, 1.807) is 12.4 Å². The van der Waals surface area contributed by atoms with Crippen LogP contribution in [0, 0.1) is 0 Å². The number of ether oxygens (including phenoxy) is 1. The van der Waals surface area contributed by atoms with Crippen molar-refractivity contribution in [1.29, 1.82) is 0 Å². The van der Waals surface area contributed by atoms with E-state index < -0.39 is 6.23 Å². The largest absolute Gasteiger partial charge is 0.352 e. The van der Waals surface area contributed by atoms with Gasteiger partial charge in [-0.3, -0.25) is 14.7 Å². The van der Waals surface area contributed by atoms with Gasteiger partial charge in [0.05, 0.1) is 6.61 Å². The Labute approximate surface area is 70.1 Å². The SMILES string of the molecule is O=C(C1NCCO1)n1cccc1. The van der Waals surface area contributed by atoms with Gasteiger partial charge in [0.2, 0.25) is 0 Å². The number of hydrogen-bond donors (Lipinski definition) is 1. The average Bonchev–Trinajstić information content (AvgIpc) is 2.77. The predicted octanol–water partition coefficient (Wildman–Crippen LogP) is 0.0742. The number of aromatic nitrogens is 1. The molecule has 4 nitrogen and oxygen atoms in total. The first kappa shape index (κ1) is 7.52. The van der Waals surface area contributed by atoms with Gasteiger partial charge in [0.15, 0.2) is 6.23 Å². The highest BCUT2D eigenvalue weighted by atomic mass is 16.5. The fraction of sp³-hybridized carbons (Fsp3) is 0.375. The van der Waals surface area contributed by atoms with Crippen molar-refractivity contribution in [1.82, 2.24) is 9.88 Å². The first-order valence-electron chi connectivity index (χ1n) is 3.90. The number of rotatable bonds is 1. The molecular formula is C8H10N2O2. The van der Waals surface area contributed by atoms with E-state index >= 15 is 0 Å². The minimum Gasteiger partial charge on any atom is -0.352 e. The van der Waals surface area contributed by atoms with E-state index in [1.165, 1.54) is 4.57 Å². The zero-order valence-electron chi connectivity index (χ0n) is 6.56. The van der Waals surface area contributed by atoms with Crippen molar-refractivity contribution < 1.29 is 9.53 Å². The summed E-state index contributed by atoms with van der Waals surface area (Å²) in [6.07, 6.45) is 2.97. The van der Waals surface area contributed by atoms with Crippen molar-refractivity contribution in [2.45, 2.75) is 6.23 Å². The summed E-state index contributed by atoms with van der Waals surface area (Å²) in [5, 5.41) is 2.95. The summed E-state index contributed by atoms with van der Waals surface area (Å²) in [4.78, 5) is 11.5. The molecular weight excluding hydrogens is 156 g/mol. The van der Waals surface area contributed by atoms with E-state index in [-0.39, 0.29) is 5.91 Å². The lowest BCUT2D eigenvalue weighted by Gasteiger charge is -2.08. The molecule has 12 heavy (non-hydrogen) atoms. The van der Waals surface area contributed by atoms with E-state index in [0.29, 0.717) is 6.61 Å². The molecule has 4 heteroatoms. The highest BCUT2D eigenvalue weighted by Gasteiger charge is 2.23. The first-order chi connectivity index (χ1) is 5.88. The fourth-order valence-electron chi connectivity index (χ4n) is 1.20. The molecule has 1 aromatic rings. The van der Waals surface area contributed by atoms with E-state index in [2.05, 4.69) is 5.32 Å². The summed E-state index contributed by atoms with van der Waals surface area (Å²) >= 11 is 0. The van der Waals surface area contributed by atoms with Crippen molar-refractivity contribution >= 4 is 5.91 Å². The van der Waals surface area contributed by atoms with Crippen LogP contribution in [0.4, 0.5) is 0 Å². The fourth-order valence-corrected chi connectivity index (χ4v) is 1.20. The molecule has 1 fully saturated rings. The normalized spacial score (nSPS) is 22.8.